The van der Waals surface area contributed by atoms with Crippen LogP contribution in [-0.2, 0) is 17.5 Å². The van der Waals surface area contributed by atoms with Gasteiger partial charge in [-0.1, -0.05) is 41.9 Å². The van der Waals surface area contributed by atoms with Crippen molar-refractivity contribution in [2.24, 2.45) is 0 Å². The van der Waals surface area contributed by atoms with Gasteiger partial charge in [-0.05, 0) is 48.0 Å². The van der Waals surface area contributed by atoms with Crippen LogP contribution in [0.5, 0.6) is 0 Å². The van der Waals surface area contributed by atoms with E-state index >= 15 is 0 Å². The van der Waals surface area contributed by atoms with E-state index in [1.54, 1.807) is 24.3 Å². The van der Waals surface area contributed by atoms with Gasteiger partial charge in [-0.15, -0.1) is 0 Å². The van der Waals surface area contributed by atoms with Gasteiger partial charge in [0.25, 0.3) is 5.91 Å². The molecule has 0 fully saturated rings. The zero-order valence-electron chi connectivity index (χ0n) is 16.5. The lowest BCUT2D eigenvalue weighted by Crippen LogP contribution is -2.37. The Bertz CT molecular complexity index is 1130. The predicted molar refractivity (Wildman–Crippen MR) is 113 cm³/mol. The van der Waals surface area contributed by atoms with Crippen LogP contribution >= 0.6 is 11.6 Å². The molecule has 0 spiro atoms. The molecule has 0 saturated carbocycles. The molecule has 0 bridgehead atoms. The fourth-order valence-corrected chi connectivity index (χ4v) is 3.18. The molecule has 3 rings (SSSR count). The summed E-state index contributed by atoms with van der Waals surface area (Å²) in [6.45, 7) is -0.554. The lowest BCUT2D eigenvalue weighted by molar-refractivity contribution is -0.137. The average molecular weight is 465 g/mol. The first-order chi connectivity index (χ1) is 15.1. The van der Waals surface area contributed by atoms with Gasteiger partial charge < -0.3 is 10.2 Å². The van der Waals surface area contributed by atoms with E-state index in [0.29, 0.717) is 10.6 Å². The highest BCUT2D eigenvalue weighted by molar-refractivity contribution is 6.31. The summed E-state index contributed by atoms with van der Waals surface area (Å²) in [4.78, 5) is 26.7. The smallest absolute Gasteiger partial charge is 0.325 e. The second-order valence-electron chi connectivity index (χ2n) is 6.89. The Hall–Kier alpha value is -3.39. The number of carbonyl (C=O) groups excluding carboxylic acids is 2. The summed E-state index contributed by atoms with van der Waals surface area (Å²) in [5.74, 6) is -1.98. The van der Waals surface area contributed by atoms with E-state index in [-0.39, 0.29) is 17.8 Å². The summed E-state index contributed by atoms with van der Waals surface area (Å²) >= 11 is 6.17. The van der Waals surface area contributed by atoms with Crippen LogP contribution in [0.3, 0.4) is 0 Å². The molecule has 0 aliphatic rings. The molecule has 32 heavy (non-hydrogen) atoms. The zero-order chi connectivity index (χ0) is 23.3. The summed E-state index contributed by atoms with van der Waals surface area (Å²) in [5.41, 5.74) is -0.422. The minimum absolute atomic E-state index is 0.0175. The maximum absolute atomic E-state index is 13.6. The first kappa shape index (κ1) is 23.3. The van der Waals surface area contributed by atoms with E-state index in [9.17, 15) is 27.2 Å². The average Bonchev–Trinajstić information content (AvgIpc) is 2.74. The van der Waals surface area contributed by atoms with Crippen molar-refractivity contribution in [2.75, 3.05) is 11.9 Å². The number of carbonyl (C=O) groups is 2. The first-order valence-electron chi connectivity index (χ1n) is 9.39. The second-order valence-corrected chi connectivity index (χ2v) is 7.30. The monoisotopic (exact) mass is 464 g/mol. The zero-order valence-corrected chi connectivity index (χ0v) is 17.3. The molecule has 0 atom stereocenters. The highest BCUT2D eigenvalue weighted by Gasteiger charge is 2.30. The van der Waals surface area contributed by atoms with E-state index in [1.807, 2.05) is 0 Å². The van der Waals surface area contributed by atoms with Crippen LogP contribution in [0.2, 0.25) is 5.02 Å². The van der Waals surface area contributed by atoms with Crippen LogP contribution in [0.25, 0.3) is 0 Å². The van der Waals surface area contributed by atoms with Crippen LogP contribution in [-0.4, -0.2) is 23.3 Å². The molecule has 9 heteroatoms. The summed E-state index contributed by atoms with van der Waals surface area (Å²) in [6.07, 6.45) is -4.57. The molecule has 0 aromatic heterocycles. The van der Waals surface area contributed by atoms with Crippen LogP contribution in [0.15, 0.2) is 72.8 Å². The number of anilines is 1. The minimum atomic E-state index is -4.57. The Kier molecular flexibility index (Phi) is 7.15. The van der Waals surface area contributed by atoms with Gasteiger partial charge in [0.15, 0.2) is 0 Å². The topological polar surface area (TPSA) is 49.4 Å². The molecule has 0 aliphatic heterocycles. The van der Waals surface area contributed by atoms with Gasteiger partial charge in [0.2, 0.25) is 5.91 Å². The van der Waals surface area contributed by atoms with E-state index < -0.39 is 35.9 Å². The number of alkyl halides is 3. The van der Waals surface area contributed by atoms with Gasteiger partial charge in [0.1, 0.15) is 12.4 Å². The number of nitrogens with one attached hydrogen (secondary N) is 1. The van der Waals surface area contributed by atoms with Crippen LogP contribution in [0, 0.1) is 5.82 Å². The molecule has 4 nitrogen and oxygen atoms in total. The van der Waals surface area contributed by atoms with Crippen molar-refractivity contribution in [2.45, 2.75) is 12.7 Å². The lowest BCUT2D eigenvalue weighted by atomic mass is 10.1. The SMILES string of the molecule is O=C(CN(Cc1ccccc1Cl)C(=O)c1cccc(F)c1)Nc1cccc(C(F)(F)F)c1. The van der Waals surface area contributed by atoms with Crippen molar-refractivity contribution < 1.29 is 27.2 Å². The Morgan fingerprint density at radius 3 is 2.34 bits per heavy atom. The van der Waals surface area contributed by atoms with Crippen LogP contribution in [0.4, 0.5) is 23.2 Å². The quantitative estimate of drug-likeness (QED) is 0.470. The predicted octanol–water partition coefficient (Wildman–Crippen LogP) is 5.78. The van der Waals surface area contributed by atoms with E-state index in [0.717, 1.165) is 29.2 Å². The Balaban J connectivity index is 1.82. The summed E-state index contributed by atoms with van der Waals surface area (Å²) in [5, 5.41) is 2.73. The molecular formula is C23H17ClF4N2O2. The molecule has 0 heterocycles. The van der Waals surface area contributed by atoms with E-state index in [2.05, 4.69) is 5.32 Å². The molecule has 0 radical (unpaired) electrons. The number of hydrogen-bond donors (Lipinski definition) is 1. The third kappa shape index (κ3) is 6.07. The largest absolute Gasteiger partial charge is 0.416 e. The number of nitrogens with zero attached hydrogens (tertiary/aromatic N) is 1. The van der Waals surface area contributed by atoms with Gasteiger partial charge in [0.05, 0.1) is 5.56 Å². The van der Waals surface area contributed by atoms with Gasteiger partial charge in [-0.3, -0.25) is 9.59 Å². The minimum Gasteiger partial charge on any atom is -0.325 e. The highest BCUT2D eigenvalue weighted by Crippen LogP contribution is 2.30. The van der Waals surface area contributed by atoms with Gasteiger partial charge >= 0.3 is 6.18 Å². The maximum atomic E-state index is 13.6. The number of rotatable bonds is 6. The lowest BCUT2D eigenvalue weighted by Gasteiger charge is -2.23. The molecule has 3 aromatic rings. The molecule has 1 N–H and O–H groups in total. The van der Waals surface area contributed by atoms with Crippen molar-refractivity contribution in [3.05, 3.63) is 100 Å². The Morgan fingerprint density at radius 1 is 0.938 bits per heavy atom. The van der Waals surface area contributed by atoms with E-state index in [4.69, 9.17) is 11.6 Å². The van der Waals surface area contributed by atoms with Gasteiger partial charge in [-0.2, -0.15) is 13.2 Å². The number of amides is 2. The highest BCUT2D eigenvalue weighted by atomic mass is 35.5. The maximum Gasteiger partial charge on any atom is 0.416 e. The van der Waals surface area contributed by atoms with Gasteiger partial charge in [-0.25, -0.2) is 4.39 Å². The Labute approximate surface area is 186 Å². The van der Waals surface area contributed by atoms with E-state index in [1.165, 1.54) is 24.3 Å². The third-order valence-electron chi connectivity index (χ3n) is 4.49. The van der Waals surface area contributed by atoms with Crippen LogP contribution in [0.1, 0.15) is 21.5 Å². The van der Waals surface area contributed by atoms with Gasteiger partial charge in [0, 0.05) is 22.8 Å². The molecule has 0 aliphatic carbocycles. The molecule has 0 saturated heterocycles. The normalized spacial score (nSPS) is 11.2. The van der Waals surface area contributed by atoms with Crippen molar-refractivity contribution >= 4 is 29.1 Å². The second kappa shape index (κ2) is 9.82. The third-order valence-corrected chi connectivity index (χ3v) is 4.85. The molecule has 3 aromatic carbocycles. The fraction of sp³-hybridized carbons (Fsp3) is 0.130. The summed E-state index contributed by atoms with van der Waals surface area (Å²) in [6, 6.07) is 15.8. The molecule has 166 valence electrons. The number of hydrogen-bond acceptors (Lipinski definition) is 2. The van der Waals surface area contributed by atoms with Crippen LogP contribution < -0.4 is 5.32 Å². The molecular weight excluding hydrogens is 448 g/mol. The Morgan fingerprint density at radius 2 is 1.66 bits per heavy atom. The number of halogens is 5. The first-order valence-corrected chi connectivity index (χ1v) is 9.76. The summed E-state index contributed by atoms with van der Waals surface area (Å²) < 4.78 is 52.3. The number of benzene rings is 3. The van der Waals surface area contributed by atoms with Crippen molar-refractivity contribution in [1.82, 2.24) is 4.90 Å². The summed E-state index contributed by atoms with van der Waals surface area (Å²) in [7, 11) is 0. The fourth-order valence-electron chi connectivity index (χ4n) is 2.98. The standard InChI is InChI=1S/C23H17ClF4N2O2/c24-20-10-2-1-5-16(20)13-30(22(32)15-6-3-8-18(25)11-15)14-21(31)29-19-9-4-7-17(12-19)23(26,27)28/h1-12H,13-14H2,(H,29,31). The van der Waals surface area contributed by atoms with Crippen molar-refractivity contribution in [3.8, 4) is 0 Å². The van der Waals surface area contributed by atoms with Crippen molar-refractivity contribution in [1.29, 1.82) is 0 Å². The van der Waals surface area contributed by atoms with Crippen molar-refractivity contribution in [3.63, 3.8) is 0 Å². The molecule has 0 unspecified atom stereocenters. The molecule has 2 amide bonds.